The van der Waals surface area contributed by atoms with E-state index in [0.29, 0.717) is 4.67 Å². The maximum atomic E-state index is 11.3. The molecule has 0 aliphatic heterocycles. The van der Waals surface area contributed by atoms with Gasteiger partial charge in [-0.3, -0.25) is 4.79 Å². The predicted molar refractivity (Wildman–Crippen MR) is 66.0 cm³/mol. The van der Waals surface area contributed by atoms with Crippen molar-refractivity contribution >= 4 is 13.7 Å². The lowest BCUT2D eigenvalue weighted by molar-refractivity contribution is -0.141. The van der Waals surface area contributed by atoms with Crippen molar-refractivity contribution in [1.29, 1.82) is 0 Å². The highest BCUT2D eigenvalue weighted by Crippen LogP contribution is 2.42. The standard InChI is InChI=1S/C11H16NO5P/c1-2-12(18(15,16)17)10(11(13)14)8-9-6-4-3-5-7-9/h3-7,10H,2,8H2,1H3,(H,13,14)(H2,15,16,17). The Balaban J connectivity index is 2.96. The van der Waals surface area contributed by atoms with E-state index in [2.05, 4.69) is 0 Å². The molecule has 1 aromatic carbocycles. The van der Waals surface area contributed by atoms with Crippen molar-refractivity contribution in [3.05, 3.63) is 35.9 Å². The van der Waals surface area contributed by atoms with Crippen LogP contribution in [0.25, 0.3) is 0 Å². The normalized spacial score (nSPS) is 13.6. The third kappa shape index (κ3) is 3.92. The molecule has 3 N–H and O–H groups in total. The van der Waals surface area contributed by atoms with Crippen molar-refractivity contribution in [2.45, 2.75) is 19.4 Å². The minimum Gasteiger partial charge on any atom is -0.480 e. The average Bonchev–Trinajstić information content (AvgIpc) is 2.28. The second-order valence-electron chi connectivity index (χ2n) is 3.81. The number of hydrogen-bond donors (Lipinski definition) is 3. The Hall–Kier alpha value is -1.20. The van der Waals surface area contributed by atoms with Gasteiger partial charge in [0.15, 0.2) is 0 Å². The van der Waals surface area contributed by atoms with Crippen LogP contribution in [0.3, 0.4) is 0 Å². The first-order valence-corrected chi connectivity index (χ1v) is 7.02. The zero-order valence-electron chi connectivity index (χ0n) is 9.93. The maximum Gasteiger partial charge on any atom is 0.403 e. The van der Waals surface area contributed by atoms with Gasteiger partial charge in [0, 0.05) is 6.54 Å². The fourth-order valence-corrected chi connectivity index (χ4v) is 2.66. The summed E-state index contributed by atoms with van der Waals surface area (Å²) in [6.07, 6.45) is 0.0507. The van der Waals surface area contributed by atoms with Gasteiger partial charge in [-0.2, -0.15) is 4.67 Å². The third-order valence-electron chi connectivity index (χ3n) is 2.58. The van der Waals surface area contributed by atoms with Crippen LogP contribution in [0, 0.1) is 0 Å². The molecule has 0 fully saturated rings. The number of carbonyl (C=O) groups is 1. The van der Waals surface area contributed by atoms with Gasteiger partial charge >= 0.3 is 13.7 Å². The summed E-state index contributed by atoms with van der Waals surface area (Å²) in [6.45, 7) is 1.48. The number of benzene rings is 1. The highest BCUT2D eigenvalue weighted by molar-refractivity contribution is 7.49. The third-order valence-corrected chi connectivity index (χ3v) is 3.81. The van der Waals surface area contributed by atoms with Gasteiger partial charge in [-0.1, -0.05) is 37.3 Å². The number of rotatable bonds is 6. The van der Waals surface area contributed by atoms with Crippen LogP contribution in [0.2, 0.25) is 0 Å². The number of aliphatic carboxylic acids is 1. The Kier molecular flexibility index (Phi) is 5.04. The molecule has 0 saturated carbocycles. The predicted octanol–water partition coefficient (Wildman–Crippen LogP) is 1.10. The number of carboxylic acid groups (broad SMARTS) is 1. The van der Waals surface area contributed by atoms with Gasteiger partial charge in [-0.15, -0.1) is 0 Å². The lowest BCUT2D eigenvalue weighted by Gasteiger charge is -2.27. The second kappa shape index (κ2) is 6.11. The summed E-state index contributed by atoms with van der Waals surface area (Å²) in [5, 5.41) is 9.11. The minimum absolute atomic E-state index is 0.0337. The van der Waals surface area contributed by atoms with E-state index in [1.54, 1.807) is 30.3 Å². The zero-order valence-corrected chi connectivity index (χ0v) is 10.8. The van der Waals surface area contributed by atoms with E-state index in [9.17, 15) is 9.36 Å². The molecule has 0 saturated heterocycles. The summed E-state index contributed by atoms with van der Waals surface area (Å²) in [7, 11) is -4.57. The molecule has 1 atom stereocenters. The molecule has 0 radical (unpaired) electrons. The van der Waals surface area contributed by atoms with Gasteiger partial charge < -0.3 is 14.9 Å². The van der Waals surface area contributed by atoms with Crippen molar-refractivity contribution in [1.82, 2.24) is 4.67 Å². The molecule has 0 spiro atoms. The highest BCUT2D eigenvalue weighted by atomic mass is 31.2. The molecule has 0 heterocycles. The number of nitrogens with zero attached hydrogens (tertiary/aromatic N) is 1. The summed E-state index contributed by atoms with van der Waals surface area (Å²) >= 11 is 0. The maximum absolute atomic E-state index is 11.3. The monoisotopic (exact) mass is 273 g/mol. The van der Waals surface area contributed by atoms with Crippen LogP contribution in [-0.4, -0.2) is 38.1 Å². The Bertz CT molecular complexity index is 444. The molecule has 100 valence electrons. The molecule has 18 heavy (non-hydrogen) atoms. The molecule has 0 aliphatic carbocycles. The molecule has 7 heteroatoms. The van der Waals surface area contributed by atoms with E-state index in [4.69, 9.17) is 14.9 Å². The van der Waals surface area contributed by atoms with Gasteiger partial charge in [-0.25, -0.2) is 4.57 Å². The van der Waals surface area contributed by atoms with Gasteiger partial charge in [0.1, 0.15) is 6.04 Å². The topological polar surface area (TPSA) is 98.1 Å². The highest BCUT2D eigenvalue weighted by Gasteiger charge is 2.35. The van der Waals surface area contributed by atoms with Crippen LogP contribution < -0.4 is 0 Å². The molecule has 0 aromatic heterocycles. The summed E-state index contributed by atoms with van der Waals surface area (Å²) in [6, 6.07) is 7.51. The summed E-state index contributed by atoms with van der Waals surface area (Å²) in [5.74, 6) is -1.25. The molecular weight excluding hydrogens is 257 g/mol. The van der Waals surface area contributed by atoms with E-state index in [-0.39, 0.29) is 13.0 Å². The summed E-state index contributed by atoms with van der Waals surface area (Å²) in [5.41, 5.74) is 0.719. The lowest BCUT2D eigenvalue weighted by atomic mass is 10.1. The fourth-order valence-electron chi connectivity index (χ4n) is 1.74. The lowest BCUT2D eigenvalue weighted by Crippen LogP contribution is -2.40. The average molecular weight is 273 g/mol. The fraction of sp³-hybridized carbons (Fsp3) is 0.364. The van der Waals surface area contributed by atoms with Crippen molar-refractivity contribution in [2.24, 2.45) is 0 Å². The molecule has 1 aromatic rings. The first-order chi connectivity index (χ1) is 8.36. The smallest absolute Gasteiger partial charge is 0.403 e. The zero-order chi connectivity index (χ0) is 13.8. The van der Waals surface area contributed by atoms with Crippen molar-refractivity contribution in [3.63, 3.8) is 0 Å². The molecule has 1 rings (SSSR count). The Labute approximate surface area is 105 Å². The molecule has 0 bridgehead atoms. The van der Waals surface area contributed by atoms with E-state index in [1.165, 1.54) is 6.92 Å². The minimum atomic E-state index is -4.57. The Morgan fingerprint density at radius 3 is 2.28 bits per heavy atom. The van der Waals surface area contributed by atoms with Crippen LogP contribution in [0.1, 0.15) is 12.5 Å². The van der Waals surface area contributed by atoms with Crippen molar-refractivity contribution < 1.29 is 24.3 Å². The van der Waals surface area contributed by atoms with E-state index >= 15 is 0 Å². The largest absolute Gasteiger partial charge is 0.480 e. The number of carboxylic acids is 1. The van der Waals surface area contributed by atoms with Gasteiger partial charge in [-0.05, 0) is 12.0 Å². The van der Waals surface area contributed by atoms with Crippen LogP contribution in [0.5, 0.6) is 0 Å². The second-order valence-corrected chi connectivity index (χ2v) is 5.35. The van der Waals surface area contributed by atoms with Crippen LogP contribution in [0.15, 0.2) is 30.3 Å². The number of hydrogen-bond acceptors (Lipinski definition) is 2. The van der Waals surface area contributed by atoms with Crippen molar-refractivity contribution in [2.75, 3.05) is 6.54 Å². The molecule has 1 unspecified atom stereocenters. The van der Waals surface area contributed by atoms with E-state index < -0.39 is 19.8 Å². The quantitative estimate of drug-likeness (QED) is 0.671. The van der Waals surface area contributed by atoms with Gasteiger partial charge in [0.25, 0.3) is 0 Å². The summed E-state index contributed by atoms with van der Waals surface area (Å²) in [4.78, 5) is 29.5. The van der Waals surface area contributed by atoms with Crippen LogP contribution in [-0.2, 0) is 15.8 Å². The molecule has 0 amide bonds. The Morgan fingerprint density at radius 1 is 1.33 bits per heavy atom. The van der Waals surface area contributed by atoms with Crippen molar-refractivity contribution in [3.8, 4) is 0 Å². The molecule has 0 aliphatic rings. The van der Waals surface area contributed by atoms with Gasteiger partial charge in [0.2, 0.25) is 0 Å². The number of likely N-dealkylation sites (N-methyl/N-ethyl adjacent to an activating group) is 1. The first-order valence-electron chi connectivity index (χ1n) is 5.45. The Morgan fingerprint density at radius 2 is 1.89 bits per heavy atom. The molecule has 6 nitrogen and oxygen atoms in total. The van der Waals surface area contributed by atoms with E-state index in [0.717, 1.165) is 5.56 Å². The van der Waals surface area contributed by atoms with Crippen LogP contribution in [0.4, 0.5) is 0 Å². The first kappa shape index (κ1) is 14.9. The van der Waals surface area contributed by atoms with Crippen LogP contribution >= 0.6 is 7.75 Å². The molecular formula is C11H16NO5P. The van der Waals surface area contributed by atoms with Gasteiger partial charge in [0.05, 0.1) is 0 Å². The SMILES string of the molecule is CCN(C(Cc1ccccc1)C(=O)O)P(=O)(O)O. The van der Waals surface area contributed by atoms with E-state index in [1.807, 2.05) is 0 Å². The summed E-state index contributed by atoms with van der Waals surface area (Å²) < 4.78 is 12.0.